The van der Waals surface area contributed by atoms with Gasteiger partial charge in [-0.15, -0.1) is 0 Å². The molecule has 1 aliphatic carbocycles. The van der Waals surface area contributed by atoms with E-state index in [1.807, 2.05) is 18.5 Å². The summed E-state index contributed by atoms with van der Waals surface area (Å²) in [7, 11) is 0. The number of nitrogens with zero attached hydrogens (tertiary/aromatic N) is 3. The van der Waals surface area contributed by atoms with Crippen LogP contribution < -0.4 is 5.56 Å². The first-order valence-corrected chi connectivity index (χ1v) is 12.0. The minimum absolute atomic E-state index is 0.0497. The van der Waals surface area contributed by atoms with Crippen LogP contribution in [0, 0.1) is 0 Å². The summed E-state index contributed by atoms with van der Waals surface area (Å²) in [6, 6.07) is 10.4. The molecular weight excluding hydrogens is 452 g/mol. The zero-order valence-electron chi connectivity index (χ0n) is 17.6. The highest BCUT2D eigenvalue weighted by molar-refractivity contribution is 9.10. The normalized spacial score (nSPS) is 17.5. The zero-order chi connectivity index (χ0) is 21.2. The molecule has 0 radical (unpaired) electrons. The molecule has 1 aromatic carbocycles. The molecule has 1 fully saturated rings. The molecule has 5 nitrogen and oxygen atoms in total. The lowest BCUT2D eigenvalue weighted by Gasteiger charge is -2.29. The van der Waals surface area contributed by atoms with E-state index in [4.69, 9.17) is 4.98 Å². The van der Waals surface area contributed by atoms with E-state index >= 15 is 0 Å². The molecule has 3 heterocycles. The number of H-pyrrole nitrogens is 1. The number of rotatable bonds is 4. The summed E-state index contributed by atoms with van der Waals surface area (Å²) in [5.41, 5.74) is 5.40. The molecule has 0 amide bonds. The summed E-state index contributed by atoms with van der Waals surface area (Å²) in [5.74, 6) is 1.34. The van der Waals surface area contributed by atoms with Gasteiger partial charge in [-0.25, -0.2) is 4.98 Å². The Morgan fingerprint density at radius 2 is 2.03 bits per heavy atom. The monoisotopic (exact) mass is 478 g/mol. The molecule has 1 N–H and O–H groups in total. The molecule has 3 aromatic rings. The average Bonchev–Trinajstić information content (AvgIpc) is 2.80. The summed E-state index contributed by atoms with van der Waals surface area (Å²) in [4.78, 5) is 27.6. The first-order chi connectivity index (χ1) is 15.2. The molecule has 1 saturated carbocycles. The van der Waals surface area contributed by atoms with Gasteiger partial charge in [0, 0.05) is 48.8 Å². The minimum atomic E-state index is 0.0497. The van der Waals surface area contributed by atoms with Gasteiger partial charge in [0.1, 0.15) is 5.82 Å². The van der Waals surface area contributed by atoms with Crippen molar-refractivity contribution >= 4 is 15.9 Å². The Labute approximate surface area is 191 Å². The Hall–Kier alpha value is -2.31. The summed E-state index contributed by atoms with van der Waals surface area (Å²) >= 11 is 3.57. The molecular formula is C25H27BrN4O. The second-order valence-electron chi connectivity index (χ2n) is 8.72. The molecule has 0 unspecified atom stereocenters. The highest BCUT2D eigenvalue weighted by Gasteiger charge is 2.25. The van der Waals surface area contributed by atoms with Gasteiger partial charge in [0.05, 0.1) is 11.3 Å². The molecule has 1 aliphatic heterocycles. The number of benzene rings is 1. The van der Waals surface area contributed by atoms with Gasteiger partial charge in [-0.05, 0) is 47.7 Å². The standard InChI is InChI=1S/C25H27BrN4O/c26-20-8-4-7-18(13-20)21-9-11-27-14-19(21)15-30-12-10-23-22(16-30)25(31)29-24(28-23)17-5-2-1-3-6-17/h4,7-9,11,13-14,17H,1-3,5-6,10,12,15-16H2,(H,28,29,31). The molecule has 0 saturated heterocycles. The number of aromatic nitrogens is 3. The number of nitrogens with one attached hydrogen (secondary N) is 1. The molecule has 160 valence electrons. The zero-order valence-corrected chi connectivity index (χ0v) is 19.2. The molecule has 2 aromatic heterocycles. The van der Waals surface area contributed by atoms with Gasteiger partial charge >= 0.3 is 0 Å². The van der Waals surface area contributed by atoms with Crippen LogP contribution >= 0.6 is 15.9 Å². The summed E-state index contributed by atoms with van der Waals surface area (Å²) < 4.78 is 1.06. The molecule has 31 heavy (non-hydrogen) atoms. The molecule has 0 spiro atoms. The first kappa shape index (κ1) is 20.6. The van der Waals surface area contributed by atoms with Crippen molar-refractivity contribution in [2.45, 2.75) is 57.5 Å². The van der Waals surface area contributed by atoms with Crippen LogP contribution in [0.15, 0.2) is 52.0 Å². The van der Waals surface area contributed by atoms with Gasteiger partial charge in [0.25, 0.3) is 5.56 Å². The van der Waals surface area contributed by atoms with Crippen LogP contribution in [0.3, 0.4) is 0 Å². The topological polar surface area (TPSA) is 61.9 Å². The fourth-order valence-electron chi connectivity index (χ4n) is 4.94. The smallest absolute Gasteiger partial charge is 0.255 e. The molecule has 0 atom stereocenters. The number of halogens is 1. The summed E-state index contributed by atoms with van der Waals surface area (Å²) in [6.07, 6.45) is 10.7. The van der Waals surface area contributed by atoms with Gasteiger partial charge in [0.15, 0.2) is 0 Å². The molecule has 6 heteroatoms. The second-order valence-corrected chi connectivity index (χ2v) is 9.63. The van der Waals surface area contributed by atoms with E-state index in [0.717, 1.165) is 53.9 Å². The predicted molar refractivity (Wildman–Crippen MR) is 126 cm³/mol. The van der Waals surface area contributed by atoms with Crippen LogP contribution in [0.1, 0.15) is 60.7 Å². The SMILES string of the molecule is O=c1[nH]c(C2CCCCC2)nc2c1CN(Cc1cnccc1-c1cccc(Br)c1)CC2. The highest BCUT2D eigenvalue weighted by Crippen LogP contribution is 2.31. The van der Waals surface area contributed by atoms with Crippen molar-refractivity contribution in [3.05, 3.63) is 80.2 Å². The Bertz CT molecular complexity index is 1140. The van der Waals surface area contributed by atoms with E-state index in [1.165, 1.54) is 36.0 Å². The van der Waals surface area contributed by atoms with Crippen molar-refractivity contribution in [3.8, 4) is 11.1 Å². The van der Waals surface area contributed by atoms with E-state index < -0.39 is 0 Å². The summed E-state index contributed by atoms with van der Waals surface area (Å²) in [6.45, 7) is 2.30. The lowest BCUT2D eigenvalue weighted by atomic mass is 9.88. The van der Waals surface area contributed by atoms with Gasteiger partial charge in [-0.3, -0.25) is 14.7 Å². The maximum absolute atomic E-state index is 12.9. The number of aromatic amines is 1. The Morgan fingerprint density at radius 3 is 2.87 bits per heavy atom. The fourth-order valence-corrected chi connectivity index (χ4v) is 5.34. The largest absolute Gasteiger partial charge is 0.310 e. The number of pyridine rings is 1. The van der Waals surface area contributed by atoms with Gasteiger partial charge in [-0.2, -0.15) is 0 Å². The number of hydrogen-bond acceptors (Lipinski definition) is 4. The van der Waals surface area contributed by atoms with E-state index in [-0.39, 0.29) is 5.56 Å². The predicted octanol–water partition coefficient (Wildman–Crippen LogP) is 5.20. The van der Waals surface area contributed by atoms with Crippen LogP contribution in [0.5, 0.6) is 0 Å². The van der Waals surface area contributed by atoms with Crippen molar-refractivity contribution in [2.75, 3.05) is 6.54 Å². The van der Waals surface area contributed by atoms with Gasteiger partial charge < -0.3 is 4.98 Å². The maximum Gasteiger partial charge on any atom is 0.255 e. The van der Waals surface area contributed by atoms with Crippen LogP contribution in [0.4, 0.5) is 0 Å². The number of fused-ring (bicyclic) bond motifs is 1. The van der Waals surface area contributed by atoms with Crippen molar-refractivity contribution in [1.29, 1.82) is 0 Å². The average molecular weight is 479 g/mol. The van der Waals surface area contributed by atoms with Crippen LogP contribution in [-0.4, -0.2) is 26.4 Å². The molecule has 5 rings (SSSR count). The summed E-state index contributed by atoms with van der Waals surface area (Å²) in [5, 5.41) is 0. The third-order valence-electron chi connectivity index (χ3n) is 6.59. The van der Waals surface area contributed by atoms with E-state index in [9.17, 15) is 4.79 Å². The Morgan fingerprint density at radius 1 is 1.16 bits per heavy atom. The Balaban J connectivity index is 1.37. The van der Waals surface area contributed by atoms with E-state index in [0.29, 0.717) is 12.5 Å². The van der Waals surface area contributed by atoms with Crippen molar-refractivity contribution in [3.63, 3.8) is 0 Å². The quantitative estimate of drug-likeness (QED) is 0.559. The van der Waals surface area contributed by atoms with Crippen molar-refractivity contribution in [1.82, 2.24) is 19.9 Å². The second kappa shape index (κ2) is 9.05. The highest BCUT2D eigenvalue weighted by atomic mass is 79.9. The third-order valence-corrected chi connectivity index (χ3v) is 7.08. The first-order valence-electron chi connectivity index (χ1n) is 11.2. The van der Waals surface area contributed by atoms with Crippen molar-refractivity contribution in [2.24, 2.45) is 0 Å². The van der Waals surface area contributed by atoms with Crippen molar-refractivity contribution < 1.29 is 0 Å². The fraction of sp³-hybridized carbons (Fsp3) is 0.400. The molecule has 2 aliphatic rings. The lowest BCUT2D eigenvalue weighted by molar-refractivity contribution is 0.241. The third kappa shape index (κ3) is 4.51. The number of hydrogen-bond donors (Lipinski definition) is 1. The van der Waals surface area contributed by atoms with E-state index in [1.54, 1.807) is 0 Å². The molecule has 0 bridgehead atoms. The van der Waals surface area contributed by atoms with Crippen LogP contribution in [0.2, 0.25) is 0 Å². The van der Waals surface area contributed by atoms with Crippen LogP contribution in [0.25, 0.3) is 11.1 Å². The Kier molecular flexibility index (Phi) is 6.01. The maximum atomic E-state index is 12.9. The van der Waals surface area contributed by atoms with E-state index in [2.05, 4.69) is 55.1 Å². The van der Waals surface area contributed by atoms with Gasteiger partial charge in [0.2, 0.25) is 0 Å². The van der Waals surface area contributed by atoms with Crippen LogP contribution in [-0.2, 0) is 19.5 Å². The lowest BCUT2D eigenvalue weighted by Crippen LogP contribution is -2.36. The minimum Gasteiger partial charge on any atom is -0.310 e. The van der Waals surface area contributed by atoms with Gasteiger partial charge in [-0.1, -0.05) is 47.3 Å².